The lowest BCUT2D eigenvalue weighted by Crippen LogP contribution is -2.32. The number of ether oxygens (including phenoxy) is 1. The molecule has 0 aliphatic rings. The van der Waals surface area contributed by atoms with Crippen LogP contribution in [0, 0.1) is 0 Å². The highest BCUT2D eigenvalue weighted by Gasteiger charge is 2.25. The Morgan fingerprint density at radius 3 is 2.76 bits per heavy atom. The number of fused-ring (bicyclic) bond motifs is 1. The van der Waals surface area contributed by atoms with Crippen molar-refractivity contribution >= 4 is 39.3 Å². The molecule has 0 spiro atoms. The van der Waals surface area contributed by atoms with Gasteiger partial charge in [-0.15, -0.1) is 11.3 Å². The van der Waals surface area contributed by atoms with Crippen LogP contribution < -0.4 is 5.56 Å². The van der Waals surface area contributed by atoms with Crippen LogP contribution in [0.5, 0.6) is 0 Å². The van der Waals surface area contributed by atoms with Crippen LogP contribution in [0.15, 0.2) is 16.0 Å². The van der Waals surface area contributed by atoms with Crippen molar-refractivity contribution in [2.45, 2.75) is 37.9 Å². The number of methoxy groups -OCH3 is 1. The minimum atomic E-state index is -0.633. The molecule has 2 aromatic heterocycles. The van der Waals surface area contributed by atoms with Gasteiger partial charge in [0.15, 0.2) is 5.16 Å². The van der Waals surface area contributed by atoms with E-state index in [1.54, 1.807) is 0 Å². The van der Waals surface area contributed by atoms with Gasteiger partial charge in [0.1, 0.15) is 10.9 Å². The number of carbonyl (C=O) groups is 1. The summed E-state index contributed by atoms with van der Waals surface area (Å²) >= 11 is 2.89. The zero-order chi connectivity index (χ0) is 15.6. The Morgan fingerprint density at radius 2 is 2.24 bits per heavy atom. The SMILES string of the molecule is CCc1cc2c(=O)n(C(CC)C(=O)OC)c(SC)nc2s1. The number of aryl methyl sites for hydroxylation is 1. The molecule has 21 heavy (non-hydrogen) atoms. The van der Waals surface area contributed by atoms with Crippen LogP contribution in [0.25, 0.3) is 10.2 Å². The van der Waals surface area contributed by atoms with E-state index in [4.69, 9.17) is 4.74 Å². The predicted octanol–water partition coefficient (Wildman–Crippen LogP) is 2.87. The number of nitrogens with zero attached hydrogens (tertiary/aromatic N) is 2. The third-order valence-corrected chi connectivity index (χ3v) is 5.15. The summed E-state index contributed by atoms with van der Waals surface area (Å²) in [5, 5.41) is 1.13. The largest absolute Gasteiger partial charge is 0.467 e. The monoisotopic (exact) mass is 326 g/mol. The van der Waals surface area contributed by atoms with Crippen molar-refractivity contribution in [2.24, 2.45) is 0 Å². The van der Waals surface area contributed by atoms with Crippen molar-refractivity contribution in [3.63, 3.8) is 0 Å². The molecule has 2 heterocycles. The zero-order valence-electron chi connectivity index (χ0n) is 12.5. The van der Waals surface area contributed by atoms with Crippen molar-refractivity contribution in [1.29, 1.82) is 0 Å². The summed E-state index contributed by atoms with van der Waals surface area (Å²) < 4.78 is 6.28. The molecule has 7 heteroatoms. The molecule has 0 N–H and O–H groups in total. The van der Waals surface area contributed by atoms with Crippen LogP contribution in [0.1, 0.15) is 31.2 Å². The van der Waals surface area contributed by atoms with Crippen LogP contribution >= 0.6 is 23.1 Å². The van der Waals surface area contributed by atoms with Crippen molar-refractivity contribution in [1.82, 2.24) is 9.55 Å². The Bertz CT molecular complexity index is 721. The van der Waals surface area contributed by atoms with Gasteiger partial charge in [-0.25, -0.2) is 9.78 Å². The van der Waals surface area contributed by atoms with Crippen molar-refractivity contribution in [2.75, 3.05) is 13.4 Å². The van der Waals surface area contributed by atoms with Gasteiger partial charge in [-0.3, -0.25) is 9.36 Å². The molecule has 0 aliphatic carbocycles. The van der Waals surface area contributed by atoms with Crippen LogP contribution in [0.4, 0.5) is 0 Å². The number of thioether (sulfide) groups is 1. The standard InChI is InChI=1S/C14H18N2O3S2/c1-5-8-7-9-11(21-8)15-14(20-4)16(12(9)17)10(6-2)13(18)19-3/h7,10H,5-6H2,1-4H3. The molecule has 1 atom stereocenters. The molecular formula is C14H18N2O3S2. The summed E-state index contributed by atoms with van der Waals surface area (Å²) in [5.41, 5.74) is -0.169. The first-order valence-corrected chi connectivity index (χ1v) is 8.78. The number of aromatic nitrogens is 2. The molecule has 0 aromatic carbocycles. The summed E-state index contributed by atoms with van der Waals surface area (Å²) in [4.78, 5) is 31.1. The molecule has 0 bridgehead atoms. The third kappa shape index (κ3) is 2.85. The summed E-state index contributed by atoms with van der Waals surface area (Å²) in [6.45, 7) is 3.90. The Labute approximate surface area is 131 Å². The Kier molecular flexibility index (Phi) is 5.05. The molecule has 114 valence electrons. The van der Waals surface area contributed by atoms with Crippen LogP contribution in [-0.2, 0) is 16.0 Å². The number of hydrogen-bond acceptors (Lipinski definition) is 6. The molecule has 2 rings (SSSR count). The van der Waals surface area contributed by atoms with E-state index in [1.165, 1.54) is 34.8 Å². The average molecular weight is 326 g/mol. The van der Waals surface area contributed by atoms with Gasteiger partial charge >= 0.3 is 5.97 Å². The summed E-state index contributed by atoms with van der Waals surface area (Å²) in [7, 11) is 1.33. The van der Waals surface area contributed by atoms with E-state index in [2.05, 4.69) is 4.98 Å². The maximum absolute atomic E-state index is 12.8. The zero-order valence-corrected chi connectivity index (χ0v) is 14.1. The van der Waals surface area contributed by atoms with Crippen LogP contribution in [-0.4, -0.2) is 28.9 Å². The lowest BCUT2D eigenvalue weighted by atomic mass is 10.2. The van der Waals surface area contributed by atoms with Gasteiger partial charge in [-0.1, -0.05) is 25.6 Å². The first kappa shape index (κ1) is 16.0. The molecule has 1 unspecified atom stereocenters. The highest BCUT2D eigenvalue weighted by molar-refractivity contribution is 7.98. The van der Waals surface area contributed by atoms with Crippen LogP contribution in [0.2, 0.25) is 0 Å². The topological polar surface area (TPSA) is 61.2 Å². The van der Waals surface area contributed by atoms with Crippen molar-refractivity contribution < 1.29 is 9.53 Å². The third-order valence-electron chi connectivity index (χ3n) is 3.32. The normalized spacial score (nSPS) is 12.6. The molecule has 0 fully saturated rings. The molecule has 0 saturated heterocycles. The predicted molar refractivity (Wildman–Crippen MR) is 86.4 cm³/mol. The molecule has 5 nitrogen and oxygen atoms in total. The number of rotatable bonds is 5. The van der Waals surface area contributed by atoms with E-state index in [0.29, 0.717) is 17.0 Å². The van der Waals surface area contributed by atoms with Crippen molar-refractivity contribution in [3.05, 3.63) is 21.3 Å². The van der Waals surface area contributed by atoms with Gasteiger partial charge in [-0.05, 0) is 25.2 Å². The molecule has 0 amide bonds. The smallest absolute Gasteiger partial charge is 0.329 e. The fourth-order valence-corrected chi connectivity index (χ4v) is 3.81. The number of thiophene rings is 1. The second-order valence-electron chi connectivity index (χ2n) is 4.51. The van der Waals surface area contributed by atoms with Gasteiger partial charge in [0.25, 0.3) is 5.56 Å². The molecule has 0 radical (unpaired) electrons. The lowest BCUT2D eigenvalue weighted by molar-refractivity contribution is -0.145. The highest BCUT2D eigenvalue weighted by atomic mass is 32.2. The summed E-state index contributed by atoms with van der Waals surface area (Å²) in [6, 6.07) is 1.24. The minimum Gasteiger partial charge on any atom is -0.467 e. The highest BCUT2D eigenvalue weighted by Crippen LogP contribution is 2.26. The molecule has 2 aromatic rings. The van der Waals surface area contributed by atoms with E-state index < -0.39 is 12.0 Å². The maximum Gasteiger partial charge on any atom is 0.329 e. The van der Waals surface area contributed by atoms with Gasteiger partial charge < -0.3 is 4.74 Å². The number of carbonyl (C=O) groups excluding carboxylic acids is 1. The summed E-state index contributed by atoms with van der Waals surface area (Å²) in [6.07, 6.45) is 3.20. The number of hydrogen-bond donors (Lipinski definition) is 0. The quantitative estimate of drug-likeness (QED) is 0.480. The average Bonchev–Trinajstić information content (AvgIpc) is 2.92. The first-order chi connectivity index (χ1) is 10.1. The minimum absolute atomic E-state index is 0.169. The van der Waals surface area contributed by atoms with Gasteiger partial charge in [-0.2, -0.15) is 0 Å². The summed E-state index contributed by atoms with van der Waals surface area (Å²) in [5.74, 6) is -0.415. The molecule has 0 saturated carbocycles. The second-order valence-corrected chi connectivity index (χ2v) is 6.39. The fraction of sp³-hybridized carbons (Fsp3) is 0.500. The fourth-order valence-electron chi connectivity index (χ4n) is 2.21. The Hall–Kier alpha value is -1.34. The molecule has 0 aliphatic heterocycles. The van der Waals surface area contributed by atoms with E-state index in [9.17, 15) is 9.59 Å². The van der Waals surface area contributed by atoms with E-state index in [-0.39, 0.29) is 5.56 Å². The second kappa shape index (κ2) is 6.62. The Balaban J connectivity index is 2.74. The molecular weight excluding hydrogens is 308 g/mol. The van der Waals surface area contributed by atoms with E-state index in [1.807, 2.05) is 26.2 Å². The van der Waals surface area contributed by atoms with Crippen LogP contribution in [0.3, 0.4) is 0 Å². The van der Waals surface area contributed by atoms with Crippen molar-refractivity contribution in [3.8, 4) is 0 Å². The number of esters is 1. The first-order valence-electron chi connectivity index (χ1n) is 6.74. The maximum atomic E-state index is 12.8. The van der Waals surface area contributed by atoms with Gasteiger partial charge in [0.2, 0.25) is 0 Å². The van der Waals surface area contributed by atoms with Gasteiger partial charge in [0.05, 0.1) is 12.5 Å². The van der Waals surface area contributed by atoms with E-state index >= 15 is 0 Å². The van der Waals surface area contributed by atoms with E-state index in [0.717, 1.165) is 16.1 Å². The van der Waals surface area contributed by atoms with Gasteiger partial charge in [0, 0.05) is 4.88 Å². The lowest BCUT2D eigenvalue weighted by Gasteiger charge is -2.18. The Morgan fingerprint density at radius 1 is 1.52 bits per heavy atom.